The number of pyridine rings is 1. The third-order valence-corrected chi connectivity index (χ3v) is 3.39. The first-order chi connectivity index (χ1) is 12.8. The Morgan fingerprint density at radius 3 is 2.32 bits per heavy atom. The van der Waals surface area contributed by atoms with E-state index in [-0.39, 0.29) is 63.5 Å². The van der Waals surface area contributed by atoms with Gasteiger partial charge in [0.2, 0.25) is 0 Å². The summed E-state index contributed by atoms with van der Waals surface area (Å²) in [6.07, 6.45) is 6.62. The number of methoxy groups -OCH3 is 1. The first-order valence-electron chi connectivity index (χ1n) is 8.03. The maximum atomic E-state index is 13.2. The van der Waals surface area contributed by atoms with Crippen LogP contribution >= 0.6 is 0 Å². The molecule has 28 heavy (non-hydrogen) atoms. The van der Waals surface area contributed by atoms with Gasteiger partial charge in [0.1, 0.15) is 11.6 Å². The Labute approximate surface area is 206 Å². The minimum absolute atomic E-state index is 0. The van der Waals surface area contributed by atoms with Crippen molar-refractivity contribution in [3.05, 3.63) is 95.5 Å². The average molecular weight is 415 g/mol. The van der Waals surface area contributed by atoms with Crippen LogP contribution in [0.15, 0.2) is 61.6 Å². The molecule has 1 aromatic carbocycles. The van der Waals surface area contributed by atoms with Gasteiger partial charge in [0.15, 0.2) is 11.6 Å². The van der Waals surface area contributed by atoms with Crippen LogP contribution in [0.2, 0.25) is 0 Å². The van der Waals surface area contributed by atoms with Gasteiger partial charge in [-0.15, -0.1) is 6.54 Å². The van der Waals surface area contributed by atoms with Gasteiger partial charge in [-0.3, -0.25) is 4.98 Å². The number of hydrogen-bond acceptors (Lipinski definition) is 2. The molecule has 2 aromatic rings. The fraction of sp³-hybridized carbons (Fsp3) is 0.190. The van der Waals surface area contributed by atoms with Crippen LogP contribution in [0.3, 0.4) is 0 Å². The molecule has 3 nitrogen and oxygen atoms in total. The molecule has 0 aliphatic heterocycles. The summed E-state index contributed by atoms with van der Waals surface area (Å²) in [5.41, 5.74) is 2.68. The Hall–Kier alpha value is -1.38. The molecule has 0 saturated carbocycles. The first kappa shape index (κ1) is 26.6. The summed E-state index contributed by atoms with van der Waals surface area (Å²) >= 11 is 0. The van der Waals surface area contributed by atoms with Crippen LogP contribution in [0.4, 0.5) is 13.2 Å². The zero-order valence-corrected chi connectivity index (χ0v) is 19.7. The summed E-state index contributed by atoms with van der Waals surface area (Å²) in [6, 6.07) is 3.25. The van der Waals surface area contributed by atoms with E-state index in [0.717, 1.165) is 23.0 Å². The maximum absolute atomic E-state index is 13.2. The second-order valence-electron chi connectivity index (χ2n) is 5.61. The minimum atomic E-state index is -1.19. The van der Waals surface area contributed by atoms with Crippen LogP contribution in [0.5, 0.6) is 5.75 Å². The number of ether oxygens (including phenoxy) is 1. The second kappa shape index (κ2) is 13.7. The van der Waals surface area contributed by atoms with Gasteiger partial charge in [-0.1, -0.05) is 32.2 Å². The average Bonchev–Trinajstić information content (AvgIpc) is 2.64. The fourth-order valence-electron chi connectivity index (χ4n) is 1.88. The summed E-state index contributed by atoms with van der Waals surface area (Å²) in [5, 5.41) is 3.98. The number of halogens is 3. The van der Waals surface area contributed by atoms with Crippen molar-refractivity contribution in [2.24, 2.45) is 0 Å². The minimum Gasteiger partial charge on any atom is -0.684 e. The van der Waals surface area contributed by atoms with Gasteiger partial charge in [0, 0.05) is 12.3 Å². The molecular weight excluding hydrogens is 392 g/mol. The molecule has 0 amide bonds. The summed E-state index contributed by atoms with van der Waals surface area (Å²) in [6.45, 7) is 10.9. The van der Waals surface area contributed by atoms with Gasteiger partial charge in [-0.25, -0.2) is 13.2 Å². The van der Waals surface area contributed by atoms with Crippen molar-refractivity contribution in [2.45, 2.75) is 20.4 Å². The van der Waals surface area contributed by atoms with Crippen molar-refractivity contribution < 1.29 is 69.3 Å². The van der Waals surface area contributed by atoms with E-state index in [0.29, 0.717) is 11.8 Å². The number of allylic oxidation sites excluding steroid dienone is 4. The maximum Gasteiger partial charge on any atom is 1.00 e. The van der Waals surface area contributed by atoms with Crippen LogP contribution in [0.25, 0.3) is 10.9 Å². The van der Waals surface area contributed by atoms with E-state index in [1.54, 1.807) is 38.6 Å². The van der Waals surface area contributed by atoms with Crippen LogP contribution < -0.4 is 56.1 Å². The smallest absolute Gasteiger partial charge is 0.684 e. The van der Waals surface area contributed by atoms with E-state index in [9.17, 15) is 13.2 Å². The van der Waals surface area contributed by atoms with Crippen molar-refractivity contribution >= 4 is 5.57 Å². The molecule has 1 heterocycles. The van der Waals surface area contributed by atoms with Gasteiger partial charge < -0.3 is 10.1 Å². The number of hydrogen-bond donors (Lipinski definition) is 0. The van der Waals surface area contributed by atoms with E-state index in [2.05, 4.69) is 23.5 Å². The van der Waals surface area contributed by atoms with E-state index in [1.165, 1.54) is 0 Å². The largest absolute Gasteiger partial charge is 1.00 e. The molecule has 2 rings (SSSR count). The molecule has 144 valence electrons. The molecule has 0 aliphatic rings. The molecule has 1 aromatic heterocycles. The van der Waals surface area contributed by atoms with Gasteiger partial charge >= 0.3 is 51.4 Å². The summed E-state index contributed by atoms with van der Waals surface area (Å²) in [7, 11) is 1.62. The molecular formula is C21H22F3KN2O. The van der Waals surface area contributed by atoms with Crippen LogP contribution in [-0.2, 0) is 6.54 Å². The van der Waals surface area contributed by atoms with Gasteiger partial charge in [-0.05, 0) is 35.8 Å². The summed E-state index contributed by atoms with van der Waals surface area (Å²) in [5.74, 6) is -2.30. The number of rotatable bonds is 6. The van der Waals surface area contributed by atoms with E-state index in [1.807, 2.05) is 13.0 Å². The molecule has 0 fully saturated rings. The molecule has 0 spiro atoms. The topological polar surface area (TPSA) is 36.2 Å². The Morgan fingerprint density at radius 1 is 1.11 bits per heavy atom. The molecule has 0 N–H and O–H groups in total. The number of nitrogens with zero attached hydrogens (tertiary/aromatic N) is 2. The third-order valence-electron chi connectivity index (χ3n) is 3.39. The molecule has 0 bridgehead atoms. The molecule has 7 heteroatoms. The SMILES string of the molecule is C=C(C)c1cncc(OC)c1.C=C/C=C(\C)[N-]Cc1cc(F)c(F)cc1F.[K+]. The Morgan fingerprint density at radius 2 is 1.75 bits per heavy atom. The van der Waals surface area contributed by atoms with Crippen molar-refractivity contribution in [1.82, 2.24) is 4.98 Å². The molecule has 0 atom stereocenters. The monoisotopic (exact) mass is 414 g/mol. The van der Waals surface area contributed by atoms with Gasteiger partial charge in [0.25, 0.3) is 0 Å². The van der Waals surface area contributed by atoms with Crippen molar-refractivity contribution in [1.29, 1.82) is 0 Å². The first-order valence-corrected chi connectivity index (χ1v) is 8.03. The quantitative estimate of drug-likeness (QED) is 0.414. The zero-order chi connectivity index (χ0) is 20.4. The van der Waals surface area contributed by atoms with Crippen LogP contribution in [-0.4, -0.2) is 12.1 Å². The van der Waals surface area contributed by atoms with E-state index >= 15 is 0 Å². The normalized spacial score (nSPS) is 10.1. The van der Waals surface area contributed by atoms with Gasteiger partial charge in [-0.2, -0.15) is 5.70 Å². The van der Waals surface area contributed by atoms with Crippen molar-refractivity contribution in [3.63, 3.8) is 0 Å². The molecule has 0 radical (unpaired) electrons. The zero-order valence-electron chi connectivity index (χ0n) is 16.6. The molecule has 0 saturated heterocycles. The van der Waals surface area contributed by atoms with E-state index < -0.39 is 17.5 Å². The third kappa shape index (κ3) is 9.21. The summed E-state index contributed by atoms with van der Waals surface area (Å²) in [4.78, 5) is 3.99. The molecule has 0 unspecified atom stereocenters. The predicted octanol–water partition coefficient (Wildman–Crippen LogP) is 3.19. The number of benzene rings is 1. The predicted molar refractivity (Wildman–Crippen MR) is 103 cm³/mol. The Bertz CT molecular complexity index is 838. The fourth-order valence-corrected chi connectivity index (χ4v) is 1.88. The summed E-state index contributed by atoms with van der Waals surface area (Å²) < 4.78 is 43.6. The van der Waals surface area contributed by atoms with Crippen molar-refractivity contribution in [2.75, 3.05) is 7.11 Å². The number of aromatic nitrogens is 1. The standard InChI is InChI=1S/C12H11F3N.C9H11NO.K/c1-3-4-8(2)16-7-9-5-11(14)12(15)6-10(9)13;1-7(2)8-4-9(11-3)6-10-5-8;/h3-6H,1,7H2,2H3;4-6H,1H2,2-3H3;/q-1;;+1/b8-4+;;. The van der Waals surface area contributed by atoms with E-state index in [4.69, 9.17) is 4.74 Å². The van der Waals surface area contributed by atoms with Gasteiger partial charge in [0.05, 0.1) is 13.3 Å². The Kier molecular flexibility index (Phi) is 13.1. The van der Waals surface area contributed by atoms with Crippen LogP contribution in [0.1, 0.15) is 25.0 Å². The second-order valence-corrected chi connectivity index (χ2v) is 5.61. The van der Waals surface area contributed by atoms with Crippen LogP contribution in [0, 0.1) is 17.5 Å². The van der Waals surface area contributed by atoms with Crippen molar-refractivity contribution in [3.8, 4) is 5.75 Å². The Balaban J connectivity index is 0.000000535. The molecule has 0 aliphatic carbocycles.